The van der Waals surface area contributed by atoms with E-state index in [1.807, 2.05) is 58.9 Å². The number of furan rings is 1. The fourth-order valence-corrected chi connectivity index (χ4v) is 6.31. The Kier molecular flexibility index (Phi) is 11.7. The number of carbonyl (C=O) groups is 1. The van der Waals surface area contributed by atoms with Gasteiger partial charge in [0.05, 0.1) is 5.52 Å². The topological polar surface area (TPSA) is 63.3 Å². The Balaban J connectivity index is 0.000000264. The van der Waals surface area contributed by atoms with E-state index in [0.717, 1.165) is 75.2 Å². The monoisotopic (exact) mass is 819 g/mol. The summed E-state index contributed by atoms with van der Waals surface area (Å²) in [7, 11) is 0. The Labute approximate surface area is 299 Å². The van der Waals surface area contributed by atoms with Gasteiger partial charge in [0.1, 0.15) is 16.9 Å². The van der Waals surface area contributed by atoms with E-state index in [0.29, 0.717) is 0 Å². The summed E-state index contributed by atoms with van der Waals surface area (Å²) in [6, 6.07) is 30.8. The number of fused-ring (bicyclic) bond motifs is 6. The maximum absolute atomic E-state index is 11.9. The third-order valence-corrected chi connectivity index (χ3v) is 9.90. The number of aromatic nitrogens is 1. The van der Waals surface area contributed by atoms with E-state index >= 15 is 0 Å². The fraction of sp³-hybridized carbons (Fsp3) is 0.349. The molecule has 0 saturated carbocycles. The van der Waals surface area contributed by atoms with Crippen molar-refractivity contribution in [3.63, 3.8) is 0 Å². The van der Waals surface area contributed by atoms with E-state index in [-0.39, 0.29) is 48.4 Å². The molecule has 6 rings (SSSR count). The van der Waals surface area contributed by atoms with Crippen LogP contribution in [0, 0.1) is 17.4 Å². The summed E-state index contributed by atoms with van der Waals surface area (Å²) in [6.45, 7) is 16.9. The molecule has 2 aromatic heterocycles. The van der Waals surface area contributed by atoms with Crippen molar-refractivity contribution in [2.75, 3.05) is 0 Å². The smallest absolute Gasteiger partial charge is 0.162 e. The molecule has 0 aliphatic rings. The number of ketones is 1. The molecule has 0 amide bonds. The zero-order valence-electron chi connectivity index (χ0n) is 29.5. The molecule has 5 heteroatoms. The quantitative estimate of drug-likeness (QED) is 0.0944. The molecule has 6 aromatic rings. The first-order valence-corrected chi connectivity index (χ1v) is 17.1. The predicted molar refractivity (Wildman–Crippen MR) is 198 cm³/mol. The van der Waals surface area contributed by atoms with Crippen molar-refractivity contribution < 1.29 is 34.4 Å². The largest absolute Gasteiger partial charge is 0.512 e. The van der Waals surface area contributed by atoms with E-state index < -0.39 is 0 Å². The number of rotatable bonds is 8. The van der Waals surface area contributed by atoms with Gasteiger partial charge in [-0.15, -0.1) is 29.1 Å². The number of pyridine rings is 1. The molecule has 1 N–H and O–H groups in total. The molecule has 0 aliphatic carbocycles. The third-order valence-electron chi connectivity index (χ3n) is 9.90. The zero-order chi connectivity index (χ0) is 33.9. The standard InChI is InChI=1S/C29H22NO.C14H26O2.Ir/c1-29(2,3)23-17-19(16-18-10-4-5-11-20(18)23)27-26-22-13-7-9-15-25(22)31-28(26)21-12-6-8-14-24(21)30-27;1-6-11(7-2)12(15)10-13(16)14(5,8-3)9-4;/h4-15,17H,1-3H3;10-11,16H,6-9H2,1-5H3;/q-1;;/b;13-10-;. The maximum atomic E-state index is 11.9. The van der Waals surface area contributed by atoms with Crippen molar-refractivity contribution in [1.82, 2.24) is 4.98 Å². The zero-order valence-corrected chi connectivity index (χ0v) is 31.9. The van der Waals surface area contributed by atoms with Crippen LogP contribution in [-0.4, -0.2) is 15.9 Å². The van der Waals surface area contributed by atoms with Crippen LogP contribution in [0.4, 0.5) is 0 Å². The van der Waals surface area contributed by atoms with Gasteiger partial charge in [-0.3, -0.25) is 9.78 Å². The molecule has 0 atom stereocenters. The molecule has 0 bridgehead atoms. The third kappa shape index (κ3) is 7.28. The predicted octanol–water partition coefficient (Wildman–Crippen LogP) is 12.3. The number of benzene rings is 4. The Hall–Kier alpha value is -3.79. The van der Waals surface area contributed by atoms with Gasteiger partial charge in [0.25, 0.3) is 0 Å². The average molecular weight is 819 g/mol. The minimum Gasteiger partial charge on any atom is -0.512 e. The second-order valence-corrected chi connectivity index (χ2v) is 13.9. The first-order chi connectivity index (χ1) is 22.4. The van der Waals surface area contributed by atoms with Gasteiger partial charge in [-0.25, -0.2) is 0 Å². The molecule has 1 radical (unpaired) electrons. The van der Waals surface area contributed by atoms with Crippen LogP contribution in [-0.2, 0) is 30.3 Å². The van der Waals surface area contributed by atoms with Crippen molar-refractivity contribution in [3.05, 3.63) is 102 Å². The summed E-state index contributed by atoms with van der Waals surface area (Å²) < 4.78 is 6.36. The fourth-order valence-electron chi connectivity index (χ4n) is 6.31. The van der Waals surface area contributed by atoms with Crippen molar-refractivity contribution in [2.24, 2.45) is 11.3 Å². The van der Waals surface area contributed by atoms with Crippen LogP contribution in [0.5, 0.6) is 0 Å². The van der Waals surface area contributed by atoms with Gasteiger partial charge < -0.3 is 9.52 Å². The Morgan fingerprint density at radius 3 is 2.06 bits per heavy atom. The number of para-hydroxylation sites is 2. The first-order valence-electron chi connectivity index (χ1n) is 17.1. The van der Waals surface area contributed by atoms with Crippen LogP contribution in [0.15, 0.2) is 95.1 Å². The van der Waals surface area contributed by atoms with Crippen LogP contribution in [0.2, 0.25) is 0 Å². The Morgan fingerprint density at radius 1 is 0.854 bits per heavy atom. The van der Waals surface area contributed by atoms with Crippen molar-refractivity contribution >= 4 is 49.4 Å². The van der Waals surface area contributed by atoms with Gasteiger partial charge in [-0.2, -0.15) is 0 Å². The van der Waals surface area contributed by atoms with Crippen LogP contribution in [0.3, 0.4) is 0 Å². The SMILES string of the molecule is CC(C)(C)c1cc(-c2nc3ccccc3c3oc4ccccc4c23)[c-]c2ccccc12.CCC(CC)C(=O)/C=C(\O)C(C)(CC)CC.[Ir]. The second-order valence-electron chi connectivity index (χ2n) is 13.9. The van der Waals surface area contributed by atoms with Gasteiger partial charge in [0.2, 0.25) is 0 Å². The molecule has 4 nitrogen and oxygen atoms in total. The molecular formula is C43H48IrNO3-. The van der Waals surface area contributed by atoms with Crippen molar-refractivity contribution in [1.29, 1.82) is 0 Å². The van der Waals surface area contributed by atoms with E-state index in [1.165, 1.54) is 17.0 Å². The summed E-state index contributed by atoms with van der Waals surface area (Å²) in [6.07, 6.45) is 4.83. The number of carbonyl (C=O) groups excluding carboxylic acids is 1. The first kappa shape index (κ1) is 37.0. The van der Waals surface area contributed by atoms with Crippen LogP contribution >= 0.6 is 0 Å². The normalized spacial score (nSPS) is 12.4. The Bertz CT molecular complexity index is 2070. The van der Waals surface area contributed by atoms with Gasteiger partial charge in [-0.1, -0.05) is 115 Å². The average Bonchev–Trinajstić information content (AvgIpc) is 3.47. The minimum atomic E-state index is -0.248. The molecule has 253 valence electrons. The summed E-state index contributed by atoms with van der Waals surface area (Å²) in [5, 5.41) is 15.6. The number of aliphatic hydroxyl groups excluding tert-OH is 1. The Morgan fingerprint density at radius 2 is 1.44 bits per heavy atom. The molecule has 48 heavy (non-hydrogen) atoms. The molecular weight excluding hydrogens is 771 g/mol. The maximum Gasteiger partial charge on any atom is 0.162 e. The van der Waals surface area contributed by atoms with Crippen molar-refractivity contribution in [3.8, 4) is 11.3 Å². The molecule has 0 fully saturated rings. The molecule has 4 aromatic carbocycles. The number of hydrogen-bond acceptors (Lipinski definition) is 4. The minimum absolute atomic E-state index is 0. The molecule has 2 heterocycles. The molecule has 0 unspecified atom stereocenters. The van der Waals surface area contributed by atoms with Gasteiger partial charge in [0.15, 0.2) is 5.78 Å². The van der Waals surface area contributed by atoms with Gasteiger partial charge >= 0.3 is 0 Å². The summed E-state index contributed by atoms with van der Waals surface area (Å²) in [5.41, 5.74) is 5.69. The number of aliphatic hydroxyl groups is 1. The van der Waals surface area contributed by atoms with Crippen LogP contribution in [0.25, 0.3) is 54.9 Å². The van der Waals surface area contributed by atoms with E-state index in [1.54, 1.807) is 0 Å². The molecule has 0 saturated heterocycles. The van der Waals surface area contributed by atoms with Gasteiger partial charge in [0, 0.05) is 59.4 Å². The number of allylic oxidation sites excluding steroid dienone is 2. The van der Waals surface area contributed by atoms with Crippen molar-refractivity contribution in [2.45, 2.75) is 86.5 Å². The van der Waals surface area contributed by atoms with Crippen LogP contribution < -0.4 is 0 Å². The summed E-state index contributed by atoms with van der Waals surface area (Å²) in [5.74, 6) is 0.366. The van der Waals surface area contributed by atoms with E-state index in [2.05, 4.69) is 81.4 Å². The molecule has 0 aliphatic heterocycles. The molecule has 0 spiro atoms. The van der Waals surface area contributed by atoms with Gasteiger partial charge in [-0.05, 0) is 49.3 Å². The summed E-state index contributed by atoms with van der Waals surface area (Å²) in [4.78, 5) is 17.0. The van der Waals surface area contributed by atoms with Crippen LogP contribution in [0.1, 0.15) is 86.6 Å². The summed E-state index contributed by atoms with van der Waals surface area (Å²) >= 11 is 0. The van der Waals surface area contributed by atoms with E-state index in [9.17, 15) is 9.90 Å². The number of hydrogen-bond donors (Lipinski definition) is 1. The second kappa shape index (κ2) is 15.2. The number of nitrogens with zero attached hydrogens (tertiary/aromatic N) is 1. The van der Waals surface area contributed by atoms with E-state index in [4.69, 9.17) is 9.40 Å².